The Morgan fingerprint density at radius 1 is 0.676 bits per heavy atom. The standard InChI is InChI=1S/C13H10.C9H7.C9H13.2ClH.Zr/c1-3-7-12(8-4-1)11-13-9-5-2-6-10-13;1-2-5-9-7-3-6-8(9)4-1;1-6-5-7(2)9(4)8(6)3;;;/h1-10H;1-7H;6H,1-4H3;2*1H;/q;;;;;+2/p-2. The summed E-state index contributed by atoms with van der Waals surface area (Å²) in [4.78, 5) is 0. The van der Waals surface area contributed by atoms with Crippen LogP contribution in [0.3, 0.4) is 0 Å². The molecular formula is C31H30Cl2Zr. The van der Waals surface area contributed by atoms with Gasteiger partial charge in [0.15, 0.2) is 0 Å². The van der Waals surface area contributed by atoms with E-state index < -0.39 is 21.3 Å². The Balaban J connectivity index is 0.00000162. The Morgan fingerprint density at radius 2 is 1.21 bits per heavy atom. The molecule has 5 rings (SSSR count). The first-order valence-electron chi connectivity index (χ1n) is 11.6. The molecule has 3 aromatic rings. The third-order valence-corrected chi connectivity index (χ3v) is 16.4. The fraction of sp³-hybridized carbons (Fsp3) is 0.194. The smallest absolute Gasteiger partial charge is 1.00 e. The zero-order valence-electron chi connectivity index (χ0n) is 20.1. The van der Waals surface area contributed by atoms with E-state index in [4.69, 9.17) is 0 Å². The van der Waals surface area contributed by atoms with Crippen molar-refractivity contribution in [1.82, 2.24) is 0 Å². The van der Waals surface area contributed by atoms with E-state index >= 15 is 0 Å². The molecule has 2 atom stereocenters. The largest absolute Gasteiger partial charge is 1.00 e. The number of hydrogen-bond donors (Lipinski definition) is 0. The van der Waals surface area contributed by atoms with E-state index in [0.29, 0.717) is 9.54 Å². The van der Waals surface area contributed by atoms with Crippen molar-refractivity contribution in [1.29, 1.82) is 0 Å². The first-order chi connectivity index (χ1) is 15.6. The molecule has 2 aliphatic rings. The number of hydrogen-bond acceptors (Lipinski definition) is 0. The van der Waals surface area contributed by atoms with Gasteiger partial charge in [0, 0.05) is 0 Å². The van der Waals surface area contributed by atoms with Crippen molar-refractivity contribution >= 4 is 9.28 Å². The van der Waals surface area contributed by atoms with Crippen LogP contribution in [0.25, 0.3) is 6.08 Å². The van der Waals surface area contributed by atoms with E-state index in [-0.39, 0.29) is 24.8 Å². The van der Waals surface area contributed by atoms with Crippen molar-refractivity contribution in [2.75, 3.05) is 0 Å². The van der Waals surface area contributed by atoms with Gasteiger partial charge in [-0.2, -0.15) is 0 Å². The fourth-order valence-corrected chi connectivity index (χ4v) is 15.3. The number of rotatable bonds is 4. The van der Waals surface area contributed by atoms with Gasteiger partial charge in [-0.05, 0) is 0 Å². The molecule has 2 aliphatic carbocycles. The maximum Gasteiger partial charge on any atom is -1.00 e. The summed E-state index contributed by atoms with van der Waals surface area (Å²) in [5, 5.41) is 0. The van der Waals surface area contributed by atoms with Gasteiger partial charge >= 0.3 is 201 Å². The quantitative estimate of drug-likeness (QED) is 0.455. The maximum atomic E-state index is 2.53. The van der Waals surface area contributed by atoms with Gasteiger partial charge in [-0.15, -0.1) is 0 Å². The zero-order chi connectivity index (χ0) is 22.2. The Bertz CT molecular complexity index is 1260. The van der Waals surface area contributed by atoms with E-state index in [1.54, 1.807) is 17.6 Å². The minimum Gasteiger partial charge on any atom is -1.00 e. The van der Waals surface area contributed by atoms with Gasteiger partial charge in [0.2, 0.25) is 0 Å². The van der Waals surface area contributed by atoms with Crippen LogP contribution in [0.15, 0.2) is 111 Å². The second kappa shape index (κ2) is 11.3. The van der Waals surface area contributed by atoms with Crippen LogP contribution in [0, 0.1) is 5.92 Å². The van der Waals surface area contributed by atoms with E-state index in [0.717, 1.165) is 0 Å². The van der Waals surface area contributed by atoms with Crippen LogP contribution in [-0.4, -0.2) is 3.21 Å². The summed E-state index contributed by atoms with van der Waals surface area (Å²) >= 11 is -2.48. The molecule has 2 unspecified atom stereocenters. The molecule has 0 heterocycles. The van der Waals surface area contributed by atoms with Crippen molar-refractivity contribution in [2.24, 2.45) is 5.92 Å². The molecule has 0 aliphatic heterocycles. The van der Waals surface area contributed by atoms with Crippen LogP contribution in [0.4, 0.5) is 0 Å². The van der Waals surface area contributed by atoms with Gasteiger partial charge in [0.25, 0.3) is 0 Å². The second-order valence-electron chi connectivity index (χ2n) is 9.05. The monoisotopic (exact) mass is 562 g/mol. The zero-order valence-corrected chi connectivity index (χ0v) is 24.1. The van der Waals surface area contributed by atoms with Gasteiger partial charge in [-0.3, -0.25) is 0 Å². The summed E-state index contributed by atoms with van der Waals surface area (Å²) in [5.41, 5.74) is 10.4. The average molecular weight is 565 g/mol. The molecule has 0 radical (unpaired) electrons. The van der Waals surface area contributed by atoms with Gasteiger partial charge in [-0.1, -0.05) is 0 Å². The van der Waals surface area contributed by atoms with E-state index in [1.807, 2.05) is 0 Å². The van der Waals surface area contributed by atoms with E-state index in [2.05, 4.69) is 125 Å². The third-order valence-electron chi connectivity index (χ3n) is 7.44. The summed E-state index contributed by atoms with van der Waals surface area (Å²) in [5.74, 6) is 0.535. The summed E-state index contributed by atoms with van der Waals surface area (Å²) < 4.78 is 3.93. The Kier molecular flexibility index (Phi) is 8.91. The predicted molar refractivity (Wildman–Crippen MR) is 135 cm³/mol. The topological polar surface area (TPSA) is 0 Å². The minimum atomic E-state index is -2.48. The molecule has 0 amide bonds. The van der Waals surface area contributed by atoms with Crippen molar-refractivity contribution in [2.45, 2.75) is 31.3 Å². The molecule has 3 heteroatoms. The third kappa shape index (κ3) is 4.68. The first-order valence-corrected chi connectivity index (χ1v) is 15.5. The van der Waals surface area contributed by atoms with Crippen molar-refractivity contribution in [3.8, 4) is 0 Å². The molecule has 0 N–H and O–H groups in total. The summed E-state index contributed by atoms with van der Waals surface area (Å²) in [6.45, 7) is 9.51. The van der Waals surface area contributed by atoms with Crippen LogP contribution in [-0.2, 0) is 21.3 Å². The molecular weight excluding hydrogens is 534 g/mol. The van der Waals surface area contributed by atoms with Gasteiger partial charge in [0.05, 0.1) is 0 Å². The molecule has 0 spiro atoms. The van der Waals surface area contributed by atoms with Crippen LogP contribution >= 0.6 is 0 Å². The SMILES string of the molecule is CC1=C(C)C(C)[C]([Zr+2](=[C](c2ccccc2)c2ccccc2)[CH]2C=Cc3ccccc32)=C1C.[Cl-].[Cl-]. The maximum absolute atomic E-state index is 2.53. The first kappa shape index (κ1) is 26.8. The minimum absolute atomic E-state index is 0. The number of benzene rings is 3. The van der Waals surface area contributed by atoms with Crippen LogP contribution in [0.2, 0.25) is 0 Å². The molecule has 172 valence electrons. The summed E-state index contributed by atoms with van der Waals surface area (Å²) in [7, 11) is 0. The second-order valence-corrected chi connectivity index (χ2v) is 15.2. The van der Waals surface area contributed by atoms with Crippen molar-refractivity contribution < 1.29 is 46.1 Å². The number of halogens is 2. The van der Waals surface area contributed by atoms with Gasteiger partial charge in [0.1, 0.15) is 0 Å². The Hall–Kier alpha value is -1.79. The molecule has 0 saturated carbocycles. The van der Waals surface area contributed by atoms with E-state index in [9.17, 15) is 0 Å². The number of allylic oxidation sites excluding steroid dienone is 5. The van der Waals surface area contributed by atoms with Crippen molar-refractivity contribution in [3.63, 3.8) is 0 Å². The van der Waals surface area contributed by atoms with Gasteiger partial charge in [-0.25, -0.2) is 0 Å². The van der Waals surface area contributed by atoms with Crippen LogP contribution in [0.5, 0.6) is 0 Å². The average Bonchev–Trinajstić information content (AvgIpc) is 3.34. The predicted octanol–water partition coefficient (Wildman–Crippen LogP) is 1.91. The fourth-order valence-electron chi connectivity index (χ4n) is 5.45. The summed E-state index contributed by atoms with van der Waals surface area (Å²) in [6.07, 6.45) is 4.90. The van der Waals surface area contributed by atoms with Gasteiger partial charge < -0.3 is 24.8 Å². The van der Waals surface area contributed by atoms with Crippen LogP contribution in [0.1, 0.15) is 53.6 Å². The normalized spacial score (nSPS) is 18.1. The molecule has 0 nitrogen and oxygen atoms in total. The molecule has 0 fully saturated rings. The van der Waals surface area contributed by atoms with E-state index in [1.165, 1.54) is 27.8 Å². The molecule has 34 heavy (non-hydrogen) atoms. The molecule has 0 bridgehead atoms. The molecule has 3 aromatic carbocycles. The Labute approximate surface area is 224 Å². The summed E-state index contributed by atoms with van der Waals surface area (Å²) in [6, 6.07) is 31.4. The Morgan fingerprint density at radius 3 is 1.74 bits per heavy atom. The molecule has 0 aromatic heterocycles. The van der Waals surface area contributed by atoms with Crippen molar-refractivity contribution in [3.05, 3.63) is 133 Å². The number of fused-ring (bicyclic) bond motifs is 1. The molecule has 0 saturated heterocycles. The van der Waals surface area contributed by atoms with Crippen LogP contribution < -0.4 is 24.8 Å².